The molecule has 1 heterocycles. The summed E-state index contributed by atoms with van der Waals surface area (Å²) in [6.45, 7) is 6.88. The Hall–Kier alpha value is -1.58. The smallest absolute Gasteiger partial charge is 0.251 e. The fourth-order valence-corrected chi connectivity index (χ4v) is 3.11. The monoisotopic (exact) mass is 289 g/mol. The first-order valence-electron chi connectivity index (χ1n) is 8.13. The number of carbonyl (C=O) groups is 1. The molecule has 0 bridgehead atoms. The van der Waals surface area contributed by atoms with Crippen LogP contribution in [0.5, 0.6) is 0 Å². The molecule has 1 unspecified atom stereocenters. The van der Waals surface area contributed by atoms with Gasteiger partial charge in [0.15, 0.2) is 0 Å². The molecule has 1 aliphatic rings. The molecule has 4 nitrogen and oxygen atoms in total. The van der Waals surface area contributed by atoms with E-state index in [9.17, 15) is 4.79 Å². The van der Waals surface area contributed by atoms with Crippen molar-refractivity contribution >= 4 is 11.7 Å². The first-order valence-corrected chi connectivity index (χ1v) is 8.13. The van der Waals surface area contributed by atoms with Gasteiger partial charge in [0.1, 0.15) is 5.82 Å². The van der Waals surface area contributed by atoms with Crippen LogP contribution in [-0.2, 0) is 0 Å². The number of hydrogen-bond acceptors (Lipinski definition) is 3. The van der Waals surface area contributed by atoms with E-state index in [2.05, 4.69) is 22.5 Å². The highest BCUT2D eigenvalue weighted by molar-refractivity contribution is 5.95. The summed E-state index contributed by atoms with van der Waals surface area (Å²) in [5.74, 6) is 1.41. The predicted molar refractivity (Wildman–Crippen MR) is 86.6 cm³/mol. The number of nitrogens with zero attached hydrogens (tertiary/aromatic N) is 1. The van der Waals surface area contributed by atoms with E-state index in [4.69, 9.17) is 0 Å². The zero-order valence-electron chi connectivity index (χ0n) is 13.4. The molecule has 2 rings (SSSR count). The molecule has 2 N–H and O–H groups in total. The number of anilines is 1. The van der Waals surface area contributed by atoms with Crippen molar-refractivity contribution in [1.82, 2.24) is 10.3 Å². The Balaban J connectivity index is 2.01. The molecule has 1 aromatic rings. The van der Waals surface area contributed by atoms with Crippen LogP contribution in [0.1, 0.15) is 62.0 Å². The molecule has 1 atom stereocenters. The van der Waals surface area contributed by atoms with Gasteiger partial charge < -0.3 is 10.6 Å². The van der Waals surface area contributed by atoms with Crippen LogP contribution in [0.25, 0.3) is 0 Å². The lowest BCUT2D eigenvalue weighted by molar-refractivity contribution is 0.0919. The summed E-state index contributed by atoms with van der Waals surface area (Å²) in [7, 11) is 0. The maximum Gasteiger partial charge on any atom is 0.251 e. The number of rotatable bonds is 5. The Morgan fingerprint density at radius 1 is 1.33 bits per heavy atom. The van der Waals surface area contributed by atoms with Crippen LogP contribution >= 0.6 is 0 Å². The molecule has 0 aromatic carbocycles. The Morgan fingerprint density at radius 2 is 2.05 bits per heavy atom. The third kappa shape index (κ3) is 4.45. The van der Waals surface area contributed by atoms with Gasteiger partial charge in [-0.25, -0.2) is 4.98 Å². The summed E-state index contributed by atoms with van der Waals surface area (Å²) >= 11 is 0. The molecule has 1 aromatic heterocycles. The van der Waals surface area contributed by atoms with Crippen molar-refractivity contribution in [2.75, 3.05) is 11.9 Å². The first-order chi connectivity index (χ1) is 10.1. The van der Waals surface area contributed by atoms with Gasteiger partial charge in [0, 0.05) is 23.8 Å². The average molecular weight is 289 g/mol. The summed E-state index contributed by atoms with van der Waals surface area (Å²) in [5, 5.41) is 6.34. The predicted octanol–water partition coefficient (Wildman–Crippen LogP) is 3.52. The summed E-state index contributed by atoms with van der Waals surface area (Å²) in [5.41, 5.74) is 1.56. The van der Waals surface area contributed by atoms with E-state index in [-0.39, 0.29) is 11.9 Å². The lowest BCUT2D eigenvalue weighted by Gasteiger charge is -2.28. The average Bonchev–Trinajstić information content (AvgIpc) is 2.48. The SMILES string of the molecule is CCNc1cc(C(=O)NC(C)C2CCCCC2)cc(C)n1. The quantitative estimate of drug-likeness (QED) is 0.872. The third-order valence-corrected chi connectivity index (χ3v) is 4.29. The van der Waals surface area contributed by atoms with Crippen LogP contribution < -0.4 is 10.6 Å². The summed E-state index contributed by atoms with van der Waals surface area (Å²) in [6, 6.07) is 3.93. The number of pyridine rings is 1. The second kappa shape index (κ2) is 7.43. The highest BCUT2D eigenvalue weighted by Gasteiger charge is 2.22. The van der Waals surface area contributed by atoms with Gasteiger partial charge in [0.25, 0.3) is 5.91 Å². The number of nitrogens with one attached hydrogen (secondary N) is 2. The molecule has 0 radical (unpaired) electrons. The lowest BCUT2D eigenvalue weighted by Crippen LogP contribution is -2.38. The van der Waals surface area contributed by atoms with E-state index in [1.165, 1.54) is 32.1 Å². The van der Waals surface area contributed by atoms with Gasteiger partial charge in [-0.2, -0.15) is 0 Å². The third-order valence-electron chi connectivity index (χ3n) is 4.29. The molecule has 1 fully saturated rings. The summed E-state index contributed by atoms with van der Waals surface area (Å²) < 4.78 is 0. The zero-order chi connectivity index (χ0) is 15.2. The van der Waals surface area contributed by atoms with Crippen molar-refractivity contribution in [3.8, 4) is 0 Å². The minimum absolute atomic E-state index is 0.0118. The topological polar surface area (TPSA) is 54.0 Å². The van der Waals surface area contributed by atoms with Gasteiger partial charge in [-0.15, -0.1) is 0 Å². The maximum atomic E-state index is 12.4. The lowest BCUT2D eigenvalue weighted by atomic mass is 9.84. The molecule has 0 saturated heterocycles. The minimum Gasteiger partial charge on any atom is -0.370 e. The molecule has 1 saturated carbocycles. The first kappa shape index (κ1) is 15.8. The summed E-state index contributed by atoms with van der Waals surface area (Å²) in [6.07, 6.45) is 6.40. The summed E-state index contributed by atoms with van der Waals surface area (Å²) in [4.78, 5) is 16.8. The Kier molecular flexibility index (Phi) is 5.59. The maximum absolute atomic E-state index is 12.4. The molecule has 1 amide bonds. The van der Waals surface area contributed by atoms with Crippen LogP contribution in [0.3, 0.4) is 0 Å². The van der Waals surface area contributed by atoms with Crippen molar-refractivity contribution < 1.29 is 4.79 Å². The fourth-order valence-electron chi connectivity index (χ4n) is 3.11. The second-order valence-corrected chi connectivity index (χ2v) is 6.07. The van der Waals surface area contributed by atoms with E-state index in [0.29, 0.717) is 11.5 Å². The van der Waals surface area contributed by atoms with Crippen LogP contribution in [0.15, 0.2) is 12.1 Å². The van der Waals surface area contributed by atoms with E-state index in [1.54, 1.807) is 0 Å². The van der Waals surface area contributed by atoms with Gasteiger partial charge in [-0.1, -0.05) is 19.3 Å². The molecule has 4 heteroatoms. The van der Waals surface area contributed by atoms with Gasteiger partial charge in [0.2, 0.25) is 0 Å². The van der Waals surface area contributed by atoms with Crippen molar-refractivity contribution in [3.05, 3.63) is 23.4 Å². The number of carbonyl (C=O) groups excluding carboxylic acids is 1. The normalized spacial score (nSPS) is 17.3. The largest absolute Gasteiger partial charge is 0.370 e. The van der Waals surface area contributed by atoms with E-state index >= 15 is 0 Å². The number of aryl methyl sites for hydroxylation is 1. The van der Waals surface area contributed by atoms with Gasteiger partial charge >= 0.3 is 0 Å². The number of hydrogen-bond donors (Lipinski definition) is 2. The Labute approximate surface area is 127 Å². The van der Waals surface area contributed by atoms with Gasteiger partial charge in [-0.3, -0.25) is 4.79 Å². The van der Waals surface area contributed by atoms with Crippen LogP contribution in [-0.4, -0.2) is 23.5 Å². The molecule has 116 valence electrons. The fraction of sp³-hybridized carbons (Fsp3) is 0.647. The molecule has 1 aliphatic carbocycles. The van der Waals surface area contributed by atoms with Crippen LogP contribution in [0, 0.1) is 12.8 Å². The molecular weight excluding hydrogens is 262 g/mol. The zero-order valence-corrected chi connectivity index (χ0v) is 13.4. The highest BCUT2D eigenvalue weighted by Crippen LogP contribution is 2.26. The molecule has 21 heavy (non-hydrogen) atoms. The highest BCUT2D eigenvalue weighted by atomic mass is 16.1. The molecule has 0 spiro atoms. The van der Waals surface area contributed by atoms with Gasteiger partial charge in [-0.05, 0) is 51.7 Å². The number of aromatic nitrogens is 1. The Bertz CT molecular complexity index is 481. The Morgan fingerprint density at radius 3 is 2.71 bits per heavy atom. The standard InChI is InChI=1S/C17H27N3O/c1-4-18-16-11-15(10-12(2)19-16)17(21)20-13(3)14-8-6-5-7-9-14/h10-11,13-14H,4-9H2,1-3H3,(H,18,19)(H,20,21). The van der Waals surface area contributed by atoms with E-state index in [1.807, 2.05) is 26.0 Å². The molecular formula is C17H27N3O. The van der Waals surface area contributed by atoms with E-state index in [0.717, 1.165) is 18.1 Å². The van der Waals surface area contributed by atoms with Crippen molar-refractivity contribution in [3.63, 3.8) is 0 Å². The van der Waals surface area contributed by atoms with Crippen molar-refractivity contribution in [1.29, 1.82) is 0 Å². The van der Waals surface area contributed by atoms with Crippen LogP contribution in [0.2, 0.25) is 0 Å². The van der Waals surface area contributed by atoms with E-state index < -0.39 is 0 Å². The second-order valence-electron chi connectivity index (χ2n) is 6.07. The van der Waals surface area contributed by atoms with Crippen molar-refractivity contribution in [2.45, 2.75) is 58.9 Å². The molecule has 0 aliphatic heterocycles. The van der Waals surface area contributed by atoms with Gasteiger partial charge in [0.05, 0.1) is 0 Å². The minimum atomic E-state index is 0.0118. The van der Waals surface area contributed by atoms with Crippen LogP contribution in [0.4, 0.5) is 5.82 Å². The van der Waals surface area contributed by atoms with Crippen molar-refractivity contribution in [2.24, 2.45) is 5.92 Å². The number of amides is 1.